The Morgan fingerprint density at radius 3 is 2.65 bits per heavy atom. The molecule has 0 fully saturated rings. The van der Waals surface area contributed by atoms with Crippen LogP contribution in [0.5, 0.6) is 0 Å². The number of nitrogen functional groups attached to an aromatic ring is 1. The SMILES string of the molecule is C#CCN(C)S(=O)(=O)c1ccc(C#N)cc1N. The first kappa shape index (κ1) is 13.0. The van der Waals surface area contributed by atoms with Crippen LogP contribution >= 0.6 is 0 Å². The van der Waals surface area contributed by atoms with Gasteiger partial charge in [-0.25, -0.2) is 8.42 Å². The molecule has 0 spiro atoms. The van der Waals surface area contributed by atoms with E-state index in [2.05, 4.69) is 5.92 Å². The second kappa shape index (κ2) is 4.88. The number of anilines is 1. The van der Waals surface area contributed by atoms with Crippen LogP contribution in [0.25, 0.3) is 0 Å². The monoisotopic (exact) mass is 249 g/mol. The van der Waals surface area contributed by atoms with Crippen molar-refractivity contribution >= 4 is 15.7 Å². The van der Waals surface area contributed by atoms with E-state index >= 15 is 0 Å². The Bertz CT molecular complexity index is 609. The molecule has 0 unspecified atom stereocenters. The normalized spacial score (nSPS) is 10.8. The van der Waals surface area contributed by atoms with E-state index in [1.807, 2.05) is 6.07 Å². The lowest BCUT2D eigenvalue weighted by molar-refractivity contribution is 0.503. The number of nitrogens with zero attached hydrogens (tertiary/aromatic N) is 2. The van der Waals surface area contributed by atoms with Gasteiger partial charge in [0.15, 0.2) is 0 Å². The van der Waals surface area contributed by atoms with E-state index in [-0.39, 0.29) is 17.1 Å². The lowest BCUT2D eigenvalue weighted by Gasteiger charge is -2.15. The Hall–Kier alpha value is -2.02. The summed E-state index contributed by atoms with van der Waals surface area (Å²) < 4.78 is 25.0. The predicted octanol–water partition coefficient (Wildman–Crippen LogP) is 0.394. The zero-order valence-electron chi connectivity index (χ0n) is 9.21. The molecule has 0 atom stereocenters. The van der Waals surface area contributed by atoms with Crippen molar-refractivity contribution in [2.45, 2.75) is 4.90 Å². The van der Waals surface area contributed by atoms with E-state index in [1.54, 1.807) is 0 Å². The quantitative estimate of drug-likeness (QED) is 0.620. The van der Waals surface area contributed by atoms with Crippen molar-refractivity contribution in [3.63, 3.8) is 0 Å². The maximum absolute atomic E-state index is 12.0. The molecule has 0 aliphatic heterocycles. The van der Waals surface area contributed by atoms with Gasteiger partial charge < -0.3 is 5.73 Å². The molecule has 1 aromatic carbocycles. The molecule has 0 radical (unpaired) electrons. The second-order valence-corrected chi connectivity index (χ2v) is 5.34. The number of nitriles is 1. The first-order valence-electron chi connectivity index (χ1n) is 4.63. The number of hydrogen-bond acceptors (Lipinski definition) is 4. The largest absolute Gasteiger partial charge is 0.398 e. The molecule has 0 bridgehead atoms. The molecule has 1 rings (SSSR count). The van der Waals surface area contributed by atoms with Gasteiger partial charge in [0.05, 0.1) is 23.9 Å². The molecule has 88 valence electrons. The van der Waals surface area contributed by atoms with Crippen molar-refractivity contribution in [3.8, 4) is 18.4 Å². The summed E-state index contributed by atoms with van der Waals surface area (Å²) in [6.45, 7) is -0.0399. The van der Waals surface area contributed by atoms with Crippen molar-refractivity contribution in [1.82, 2.24) is 4.31 Å². The number of sulfonamides is 1. The van der Waals surface area contributed by atoms with Crippen LogP contribution in [0.3, 0.4) is 0 Å². The highest BCUT2D eigenvalue weighted by Gasteiger charge is 2.22. The van der Waals surface area contributed by atoms with Crippen molar-refractivity contribution in [2.24, 2.45) is 0 Å². The van der Waals surface area contributed by atoms with Crippen molar-refractivity contribution in [2.75, 3.05) is 19.3 Å². The molecular formula is C11H11N3O2S. The average molecular weight is 249 g/mol. The van der Waals surface area contributed by atoms with Crippen LogP contribution in [-0.4, -0.2) is 26.3 Å². The standard InChI is InChI=1S/C11H11N3O2S/c1-3-6-14(2)17(15,16)11-5-4-9(8-12)7-10(11)13/h1,4-5,7H,6,13H2,2H3. The summed E-state index contributed by atoms with van der Waals surface area (Å²) in [5.74, 6) is 2.24. The molecule has 0 aliphatic rings. The third-order valence-corrected chi connectivity index (χ3v) is 4.02. The summed E-state index contributed by atoms with van der Waals surface area (Å²) in [5.41, 5.74) is 5.95. The van der Waals surface area contributed by atoms with Gasteiger partial charge in [-0.05, 0) is 18.2 Å². The van der Waals surface area contributed by atoms with Gasteiger partial charge >= 0.3 is 0 Å². The Morgan fingerprint density at radius 2 is 2.18 bits per heavy atom. The Kier molecular flexibility index (Phi) is 3.74. The van der Waals surface area contributed by atoms with Gasteiger partial charge in [-0.15, -0.1) is 6.42 Å². The zero-order valence-corrected chi connectivity index (χ0v) is 10.0. The fourth-order valence-electron chi connectivity index (χ4n) is 1.23. The van der Waals surface area contributed by atoms with Crippen LogP contribution in [0, 0.1) is 23.7 Å². The summed E-state index contributed by atoms with van der Waals surface area (Å²) in [5, 5.41) is 8.66. The van der Waals surface area contributed by atoms with Crippen LogP contribution in [0.15, 0.2) is 23.1 Å². The maximum atomic E-state index is 12.0. The molecule has 0 aromatic heterocycles. The summed E-state index contributed by atoms with van der Waals surface area (Å²) in [7, 11) is -2.33. The second-order valence-electron chi connectivity index (χ2n) is 3.33. The third-order valence-electron chi connectivity index (χ3n) is 2.14. The Labute approximate surface area is 101 Å². The molecule has 2 N–H and O–H groups in total. The highest BCUT2D eigenvalue weighted by Crippen LogP contribution is 2.22. The first-order chi connectivity index (χ1) is 7.93. The van der Waals surface area contributed by atoms with Crippen molar-refractivity contribution in [3.05, 3.63) is 23.8 Å². The van der Waals surface area contributed by atoms with Crippen molar-refractivity contribution < 1.29 is 8.42 Å². The number of nitrogens with two attached hydrogens (primary N) is 1. The number of hydrogen-bond donors (Lipinski definition) is 1. The number of terminal acetylenes is 1. The van der Waals surface area contributed by atoms with Crippen LogP contribution in [0.4, 0.5) is 5.69 Å². The molecular weight excluding hydrogens is 238 g/mol. The van der Waals surface area contributed by atoms with Crippen molar-refractivity contribution in [1.29, 1.82) is 5.26 Å². The van der Waals surface area contributed by atoms with Crippen LogP contribution in [0.1, 0.15) is 5.56 Å². The number of benzene rings is 1. The minimum absolute atomic E-state index is 0.0351. The van der Waals surface area contributed by atoms with Crippen LogP contribution in [0.2, 0.25) is 0 Å². The molecule has 6 heteroatoms. The van der Waals surface area contributed by atoms with Gasteiger partial charge in [0, 0.05) is 7.05 Å². The van der Waals surface area contributed by atoms with E-state index in [4.69, 9.17) is 17.4 Å². The van der Waals surface area contributed by atoms with E-state index in [0.29, 0.717) is 5.56 Å². The summed E-state index contributed by atoms with van der Waals surface area (Å²) >= 11 is 0. The molecule has 0 saturated heterocycles. The lowest BCUT2D eigenvalue weighted by atomic mass is 10.2. The Morgan fingerprint density at radius 1 is 1.53 bits per heavy atom. The van der Waals surface area contributed by atoms with Crippen LogP contribution in [-0.2, 0) is 10.0 Å². The highest BCUT2D eigenvalue weighted by atomic mass is 32.2. The number of rotatable bonds is 3. The minimum Gasteiger partial charge on any atom is -0.398 e. The predicted molar refractivity (Wildman–Crippen MR) is 64.2 cm³/mol. The van der Waals surface area contributed by atoms with Crippen LogP contribution < -0.4 is 5.73 Å². The Balaban J connectivity index is 3.27. The molecule has 0 amide bonds. The van der Waals surface area contributed by atoms with Gasteiger partial charge in [-0.1, -0.05) is 5.92 Å². The van der Waals surface area contributed by atoms with Gasteiger partial charge in [0.25, 0.3) is 0 Å². The topological polar surface area (TPSA) is 87.2 Å². The van der Waals surface area contributed by atoms with E-state index in [1.165, 1.54) is 25.2 Å². The molecule has 17 heavy (non-hydrogen) atoms. The van der Waals surface area contributed by atoms with Gasteiger partial charge in [0.1, 0.15) is 4.90 Å². The smallest absolute Gasteiger partial charge is 0.245 e. The van der Waals surface area contributed by atoms with E-state index < -0.39 is 10.0 Å². The van der Waals surface area contributed by atoms with Gasteiger partial charge in [0.2, 0.25) is 10.0 Å². The van der Waals surface area contributed by atoms with Gasteiger partial charge in [-0.3, -0.25) is 0 Å². The lowest BCUT2D eigenvalue weighted by Crippen LogP contribution is -2.27. The third kappa shape index (κ3) is 2.56. The average Bonchev–Trinajstić information content (AvgIpc) is 2.28. The molecule has 5 nitrogen and oxygen atoms in total. The maximum Gasteiger partial charge on any atom is 0.245 e. The molecule has 0 aliphatic carbocycles. The first-order valence-corrected chi connectivity index (χ1v) is 6.07. The molecule has 0 saturated carbocycles. The van der Waals surface area contributed by atoms with E-state index in [0.717, 1.165) is 4.31 Å². The summed E-state index contributed by atoms with van der Waals surface area (Å²) in [4.78, 5) is -0.0470. The highest BCUT2D eigenvalue weighted by molar-refractivity contribution is 7.89. The van der Waals surface area contributed by atoms with E-state index in [9.17, 15) is 8.42 Å². The zero-order chi connectivity index (χ0) is 13.1. The molecule has 0 heterocycles. The minimum atomic E-state index is -3.70. The summed E-state index contributed by atoms with van der Waals surface area (Å²) in [6.07, 6.45) is 5.06. The fourth-order valence-corrected chi connectivity index (χ4v) is 2.41. The summed E-state index contributed by atoms with van der Waals surface area (Å²) in [6, 6.07) is 5.89. The molecule has 1 aromatic rings. The van der Waals surface area contributed by atoms with Gasteiger partial charge in [-0.2, -0.15) is 9.57 Å². The fraction of sp³-hybridized carbons (Fsp3) is 0.182.